The molecule has 90 valence electrons. The maximum absolute atomic E-state index is 5.63. The zero-order valence-corrected chi connectivity index (χ0v) is 10.5. The molecule has 15 heavy (non-hydrogen) atoms. The number of hydrogen-bond acceptors (Lipinski definition) is 2. The fourth-order valence-electron chi connectivity index (χ4n) is 3.05. The van der Waals surface area contributed by atoms with E-state index in [0.717, 1.165) is 11.8 Å². The summed E-state index contributed by atoms with van der Waals surface area (Å²) < 4.78 is 0. The van der Waals surface area contributed by atoms with Crippen molar-refractivity contribution in [2.24, 2.45) is 17.7 Å². The fraction of sp³-hybridized carbons (Fsp3) is 1.00. The van der Waals surface area contributed by atoms with Gasteiger partial charge in [-0.05, 0) is 31.1 Å². The van der Waals surface area contributed by atoms with Crippen LogP contribution in [0.1, 0.15) is 65.2 Å². The second-order valence-corrected chi connectivity index (χ2v) is 5.13. The second-order valence-electron chi connectivity index (χ2n) is 5.13. The van der Waals surface area contributed by atoms with Crippen LogP contribution in [-0.2, 0) is 0 Å². The highest BCUT2D eigenvalue weighted by Gasteiger charge is 2.25. The molecule has 1 fully saturated rings. The summed E-state index contributed by atoms with van der Waals surface area (Å²) in [5, 5.41) is 0. The number of nitrogens with two attached hydrogens (primary N) is 1. The first-order valence-corrected chi connectivity index (χ1v) is 6.77. The molecule has 0 bridgehead atoms. The molecule has 1 unspecified atom stereocenters. The smallest absolute Gasteiger partial charge is 0.0238 e. The van der Waals surface area contributed by atoms with Gasteiger partial charge in [-0.1, -0.05) is 46.0 Å². The van der Waals surface area contributed by atoms with Gasteiger partial charge in [-0.15, -0.1) is 0 Å². The molecule has 0 aromatic rings. The summed E-state index contributed by atoms with van der Waals surface area (Å²) in [6.45, 7) is 4.54. The topological polar surface area (TPSA) is 38.0 Å². The fourth-order valence-corrected chi connectivity index (χ4v) is 3.05. The van der Waals surface area contributed by atoms with E-state index in [9.17, 15) is 0 Å². The molecule has 0 spiro atoms. The lowest BCUT2D eigenvalue weighted by Gasteiger charge is -2.33. The molecule has 0 saturated heterocycles. The van der Waals surface area contributed by atoms with Gasteiger partial charge in [0.05, 0.1) is 0 Å². The van der Waals surface area contributed by atoms with E-state index in [0.29, 0.717) is 6.04 Å². The summed E-state index contributed by atoms with van der Waals surface area (Å²) >= 11 is 0. The van der Waals surface area contributed by atoms with Gasteiger partial charge in [0.2, 0.25) is 0 Å². The predicted molar refractivity (Wildman–Crippen MR) is 66.4 cm³/mol. The van der Waals surface area contributed by atoms with Gasteiger partial charge in [-0.2, -0.15) is 0 Å². The maximum Gasteiger partial charge on any atom is 0.0238 e. The Morgan fingerprint density at radius 2 is 1.80 bits per heavy atom. The van der Waals surface area contributed by atoms with Crippen LogP contribution < -0.4 is 11.3 Å². The van der Waals surface area contributed by atoms with E-state index in [1.807, 2.05) is 0 Å². The Kier molecular flexibility index (Phi) is 6.26. The molecule has 1 aliphatic rings. The SMILES string of the molecule is CCCC1CCC(C(CCC)NN)CC1. The first-order valence-electron chi connectivity index (χ1n) is 6.77. The Labute approximate surface area is 95.0 Å². The summed E-state index contributed by atoms with van der Waals surface area (Å²) in [6, 6.07) is 0.567. The molecule has 1 atom stereocenters. The van der Waals surface area contributed by atoms with Crippen LogP contribution in [0.5, 0.6) is 0 Å². The van der Waals surface area contributed by atoms with Crippen LogP contribution in [0, 0.1) is 11.8 Å². The minimum atomic E-state index is 0.567. The third kappa shape index (κ3) is 4.12. The molecule has 0 aromatic carbocycles. The second kappa shape index (κ2) is 7.24. The number of hydrogen-bond donors (Lipinski definition) is 2. The quantitative estimate of drug-likeness (QED) is 0.524. The van der Waals surface area contributed by atoms with Crippen molar-refractivity contribution in [2.45, 2.75) is 71.3 Å². The standard InChI is InChI=1S/C13H28N2/c1-3-5-11-7-9-12(10-8-11)13(15-14)6-4-2/h11-13,15H,3-10,14H2,1-2H3. The van der Waals surface area contributed by atoms with E-state index in [4.69, 9.17) is 5.84 Å². The predicted octanol–water partition coefficient (Wildman–Crippen LogP) is 3.22. The highest BCUT2D eigenvalue weighted by atomic mass is 15.2. The van der Waals surface area contributed by atoms with E-state index < -0.39 is 0 Å². The average molecular weight is 212 g/mol. The van der Waals surface area contributed by atoms with Crippen molar-refractivity contribution in [3.8, 4) is 0 Å². The van der Waals surface area contributed by atoms with Crippen molar-refractivity contribution >= 4 is 0 Å². The zero-order valence-electron chi connectivity index (χ0n) is 10.5. The van der Waals surface area contributed by atoms with Gasteiger partial charge < -0.3 is 0 Å². The normalized spacial score (nSPS) is 29.0. The highest BCUT2D eigenvalue weighted by Crippen LogP contribution is 2.33. The first kappa shape index (κ1) is 13.0. The van der Waals surface area contributed by atoms with Crippen LogP contribution in [0.3, 0.4) is 0 Å². The Morgan fingerprint density at radius 1 is 1.13 bits per heavy atom. The molecule has 2 heteroatoms. The third-order valence-electron chi connectivity index (χ3n) is 3.97. The van der Waals surface area contributed by atoms with E-state index in [-0.39, 0.29) is 0 Å². The van der Waals surface area contributed by atoms with Gasteiger partial charge in [-0.3, -0.25) is 11.3 Å². The minimum absolute atomic E-state index is 0.567. The lowest BCUT2D eigenvalue weighted by molar-refractivity contribution is 0.207. The molecule has 1 aliphatic carbocycles. The van der Waals surface area contributed by atoms with Crippen LogP contribution in [0.25, 0.3) is 0 Å². The van der Waals surface area contributed by atoms with Gasteiger partial charge in [-0.25, -0.2) is 0 Å². The van der Waals surface area contributed by atoms with Crippen molar-refractivity contribution in [2.75, 3.05) is 0 Å². The van der Waals surface area contributed by atoms with Crippen molar-refractivity contribution in [1.29, 1.82) is 0 Å². The summed E-state index contributed by atoms with van der Waals surface area (Å²) in [7, 11) is 0. The zero-order chi connectivity index (χ0) is 11.1. The van der Waals surface area contributed by atoms with Crippen molar-refractivity contribution < 1.29 is 0 Å². The molecule has 0 radical (unpaired) electrons. The van der Waals surface area contributed by atoms with Crippen LogP contribution in [0.2, 0.25) is 0 Å². The molecular weight excluding hydrogens is 184 g/mol. The molecule has 2 nitrogen and oxygen atoms in total. The Hall–Kier alpha value is -0.0800. The van der Waals surface area contributed by atoms with Gasteiger partial charge in [0, 0.05) is 6.04 Å². The van der Waals surface area contributed by atoms with Crippen molar-refractivity contribution in [1.82, 2.24) is 5.43 Å². The summed E-state index contributed by atoms with van der Waals surface area (Å²) in [5.74, 6) is 7.48. The number of hydrazine groups is 1. The minimum Gasteiger partial charge on any atom is -0.271 e. The monoisotopic (exact) mass is 212 g/mol. The Balaban J connectivity index is 2.28. The Morgan fingerprint density at radius 3 is 2.27 bits per heavy atom. The maximum atomic E-state index is 5.63. The van der Waals surface area contributed by atoms with Crippen LogP contribution >= 0.6 is 0 Å². The number of nitrogens with one attached hydrogen (secondary N) is 1. The van der Waals surface area contributed by atoms with Gasteiger partial charge in [0.1, 0.15) is 0 Å². The highest BCUT2D eigenvalue weighted by molar-refractivity contribution is 4.80. The van der Waals surface area contributed by atoms with Gasteiger partial charge in [0.25, 0.3) is 0 Å². The molecule has 0 heterocycles. The first-order chi connectivity index (χ1) is 7.31. The molecule has 1 rings (SSSR count). The van der Waals surface area contributed by atoms with Crippen molar-refractivity contribution in [3.05, 3.63) is 0 Å². The third-order valence-corrected chi connectivity index (χ3v) is 3.97. The molecule has 3 N–H and O–H groups in total. The Bertz CT molecular complexity index is 151. The molecule has 0 amide bonds. The largest absolute Gasteiger partial charge is 0.271 e. The molecule has 0 aliphatic heterocycles. The van der Waals surface area contributed by atoms with Crippen LogP contribution in [-0.4, -0.2) is 6.04 Å². The van der Waals surface area contributed by atoms with Gasteiger partial charge >= 0.3 is 0 Å². The molecular formula is C13H28N2. The van der Waals surface area contributed by atoms with E-state index in [1.165, 1.54) is 51.4 Å². The van der Waals surface area contributed by atoms with E-state index >= 15 is 0 Å². The van der Waals surface area contributed by atoms with E-state index in [2.05, 4.69) is 19.3 Å². The molecule has 1 saturated carbocycles. The van der Waals surface area contributed by atoms with Crippen LogP contribution in [0.4, 0.5) is 0 Å². The molecule has 0 aromatic heterocycles. The van der Waals surface area contributed by atoms with E-state index in [1.54, 1.807) is 0 Å². The lowest BCUT2D eigenvalue weighted by Crippen LogP contribution is -2.42. The number of rotatable bonds is 6. The van der Waals surface area contributed by atoms with Crippen molar-refractivity contribution in [3.63, 3.8) is 0 Å². The van der Waals surface area contributed by atoms with Crippen LogP contribution in [0.15, 0.2) is 0 Å². The summed E-state index contributed by atoms with van der Waals surface area (Å²) in [4.78, 5) is 0. The summed E-state index contributed by atoms with van der Waals surface area (Å²) in [6.07, 6.45) is 10.9. The lowest BCUT2D eigenvalue weighted by atomic mass is 9.76. The average Bonchev–Trinajstić information content (AvgIpc) is 2.28. The van der Waals surface area contributed by atoms with Gasteiger partial charge in [0.15, 0.2) is 0 Å². The summed E-state index contributed by atoms with van der Waals surface area (Å²) in [5.41, 5.74) is 3.02.